The lowest BCUT2D eigenvalue weighted by Gasteiger charge is -2.20. The van der Waals surface area contributed by atoms with E-state index in [0.717, 1.165) is 28.4 Å². The minimum atomic E-state index is 0.636. The fourth-order valence-corrected chi connectivity index (χ4v) is 3.06. The van der Waals surface area contributed by atoms with E-state index in [2.05, 4.69) is 33.4 Å². The summed E-state index contributed by atoms with van der Waals surface area (Å²) in [5.74, 6) is 3.19. The zero-order valence-corrected chi connectivity index (χ0v) is 11.4. The Bertz CT molecular complexity index is 436. The van der Waals surface area contributed by atoms with Gasteiger partial charge < -0.3 is 14.8 Å². The van der Waals surface area contributed by atoms with Crippen LogP contribution in [0.1, 0.15) is 17.9 Å². The Balaban J connectivity index is 1.85. The molecule has 0 radical (unpaired) electrons. The molecule has 1 aromatic carbocycles. The van der Waals surface area contributed by atoms with Crippen molar-refractivity contribution in [3.8, 4) is 11.5 Å². The number of benzene rings is 1. The zero-order chi connectivity index (χ0) is 11.8. The average molecular weight is 298 g/mol. The summed E-state index contributed by atoms with van der Waals surface area (Å²) in [5, 5.41) is 3.24. The van der Waals surface area contributed by atoms with Crippen molar-refractivity contribution in [3.05, 3.63) is 22.2 Å². The summed E-state index contributed by atoms with van der Waals surface area (Å²) in [6.45, 7) is 2.38. The molecule has 3 nitrogen and oxygen atoms in total. The predicted octanol–water partition coefficient (Wildman–Crippen LogP) is 2.54. The number of halogens is 1. The first-order chi connectivity index (χ1) is 8.29. The third-order valence-corrected chi connectivity index (χ3v) is 4.03. The maximum absolute atomic E-state index is 5.65. The third kappa shape index (κ3) is 2.16. The van der Waals surface area contributed by atoms with Gasteiger partial charge in [0.2, 0.25) is 0 Å². The normalized spacial score (nSPS) is 25.8. The molecule has 1 heterocycles. The lowest BCUT2D eigenvalue weighted by atomic mass is 10.1. The van der Waals surface area contributed by atoms with Crippen molar-refractivity contribution < 1.29 is 9.47 Å². The van der Waals surface area contributed by atoms with Gasteiger partial charge in [0.25, 0.3) is 0 Å². The molecule has 0 saturated heterocycles. The van der Waals surface area contributed by atoms with Crippen molar-refractivity contribution in [1.29, 1.82) is 0 Å². The number of fused-ring (bicyclic) bond motifs is 1. The molecule has 0 spiro atoms. The number of hydrogen-bond acceptors (Lipinski definition) is 3. The fraction of sp³-hybridized carbons (Fsp3) is 0.538. The second-order valence-corrected chi connectivity index (χ2v) is 5.54. The Hall–Kier alpha value is -0.740. The summed E-state index contributed by atoms with van der Waals surface area (Å²) in [6.07, 6.45) is 1.27. The van der Waals surface area contributed by atoms with E-state index < -0.39 is 0 Å². The number of nitrogens with one attached hydrogen (secondary N) is 1. The van der Waals surface area contributed by atoms with E-state index in [9.17, 15) is 0 Å². The molecule has 1 N–H and O–H groups in total. The molecule has 0 amide bonds. The van der Waals surface area contributed by atoms with Crippen molar-refractivity contribution in [1.82, 2.24) is 5.32 Å². The van der Waals surface area contributed by atoms with Gasteiger partial charge in [-0.2, -0.15) is 0 Å². The molecule has 2 unspecified atom stereocenters. The number of ether oxygens (including phenoxy) is 2. The predicted molar refractivity (Wildman–Crippen MR) is 69.9 cm³/mol. The van der Waals surface area contributed by atoms with E-state index in [-0.39, 0.29) is 0 Å². The maximum atomic E-state index is 5.65. The zero-order valence-electron chi connectivity index (χ0n) is 9.83. The number of hydrogen-bond donors (Lipinski definition) is 1. The van der Waals surface area contributed by atoms with Crippen LogP contribution < -0.4 is 14.8 Å². The molecule has 1 saturated carbocycles. The first kappa shape index (κ1) is 11.4. The van der Waals surface area contributed by atoms with E-state index in [1.165, 1.54) is 12.0 Å². The van der Waals surface area contributed by atoms with Gasteiger partial charge in [0.05, 0.1) is 4.47 Å². The van der Waals surface area contributed by atoms with E-state index in [1.54, 1.807) is 0 Å². The van der Waals surface area contributed by atoms with E-state index in [1.807, 2.05) is 7.05 Å². The molecule has 3 rings (SSSR count). The minimum Gasteiger partial charge on any atom is -0.486 e. The minimum absolute atomic E-state index is 0.636. The van der Waals surface area contributed by atoms with Gasteiger partial charge in [0, 0.05) is 0 Å². The molecule has 1 aliphatic heterocycles. The van der Waals surface area contributed by atoms with Crippen LogP contribution in [0.15, 0.2) is 16.6 Å². The highest BCUT2D eigenvalue weighted by molar-refractivity contribution is 9.10. The highest BCUT2D eigenvalue weighted by Crippen LogP contribution is 2.50. The van der Waals surface area contributed by atoms with Gasteiger partial charge in [-0.15, -0.1) is 0 Å². The van der Waals surface area contributed by atoms with Gasteiger partial charge in [0.15, 0.2) is 11.5 Å². The SMILES string of the molecule is CNCC1CC1c1cc(Br)c2c(c1)OCCO2. The fourth-order valence-electron chi connectivity index (χ4n) is 2.49. The first-order valence-corrected chi connectivity index (χ1v) is 6.82. The van der Waals surface area contributed by atoms with Crippen molar-refractivity contribution in [3.63, 3.8) is 0 Å². The molecule has 0 bridgehead atoms. The van der Waals surface area contributed by atoms with E-state index in [0.29, 0.717) is 19.1 Å². The van der Waals surface area contributed by atoms with Crippen LogP contribution in [0.25, 0.3) is 0 Å². The van der Waals surface area contributed by atoms with Crippen LogP contribution in [0.5, 0.6) is 11.5 Å². The standard InChI is InChI=1S/C13H16BrNO2/c1-15-7-9-4-10(9)8-5-11(14)13-12(6-8)16-2-3-17-13/h5-6,9-10,15H,2-4,7H2,1H3. The Morgan fingerprint density at radius 2 is 2.18 bits per heavy atom. The Morgan fingerprint density at radius 1 is 1.35 bits per heavy atom. The Morgan fingerprint density at radius 3 is 3.00 bits per heavy atom. The second-order valence-electron chi connectivity index (χ2n) is 4.69. The van der Waals surface area contributed by atoms with Gasteiger partial charge >= 0.3 is 0 Å². The molecule has 2 aliphatic rings. The smallest absolute Gasteiger partial charge is 0.175 e. The van der Waals surface area contributed by atoms with Crippen LogP contribution in [0.3, 0.4) is 0 Å². The molecule has 1 aliphatic carbocycles. The van der Waals surface area contributed by atoms with Crippen LogP contribution in [0.2, 0.25) is 0 Å². The van der Waals surface area contributed by atoms with Crippen LogP contribution in [-0.4, -0.2) is 26.8 Å². The molecule has 92 valence electrons. The summed E-state index contributed by atoms with van der Waals surface area (Å²) in [4.78, 5) is 0. The topological polar surface area (TPSA) is 30.5 Å². The van der Waals surface area contributed by atoms with Crippen LogP contribution >= 0.6 is 15.9 Å². The molecule has 17 heavy (non-hydrogen) atoms. The van der Waals surface area contributed by atoms with Crippen LogP contribution in [0, 0.1) is 5.92 Å². The van der Waals surface area contributed by atoms with Crippen LogP contribution in [0.4, 0.5) is 0 Å². The molecule has 4 heteroatoms. The lowest BCUT2D eigenvalue weighted by molar-refractivity contribution is 0.170. The van der Waals surface area contributed by atoms with Crippen molar-refractivity contribution in [2.75, 3.05) is 26.8 Å². The maximum Gasteiger partial charge on any atom is 0.175 e. The van der Waals surface area contributed by atoms with E-state index >= 15 is 0 Å². The van der Waals surface area contributed by atoms with Gasteiger partial charge in [-0.05, 0) is 65.5 Å². The summed E-state index contributed by atoms with van der Waals surface area (Å²) in [5.41, 5.74) is 1.36. The Kier molecular flexibility index (Phi) is 3.01. The third-order valence-electron chi connectivity index (χ3n) is 3.44. The van der Waals surface area contributed by atoms with E-state index in [4.69, 9.17) is 9.47 Å². The summed E-state index contributed by atoms with van der Waals surface area (Å²) < 4.78 is 12.3. The highest BCUT2D eigenvalue weighted by Gasteiger charge is 2.38. The second kappa shape index (κ2) is 4.50. The molecule has 2 atom stereocenters. The summed E-state index contributed by atoms with van der Waals surface area (Å²) in [6, 6.07) is 4.31. The summed E-state index contributed by atoms with van der Waals surface area (Å²) >= 11 is 3.57. The molecule has 1 aromatic rings. The molecule has 0 aromatic heterocycles. The molecular formula is C13H16BrNO2. The van der Waals surface area contributed by atoms with Gasteiger partial charge in [-0.3, -0.25) is 0 Å². The van der Waals surface area contributed by atoms with Crippen molar-refractivity contribution in [2.45, 2.75) is 12.3 Å². The molecule has 1 fully saturated rings. The van der Waals surface area contributed by atoms with Crippen molar-refractivity contribution >= 4 is 15.9 Å². The van der Waals surface area contributed by atoms with Gasteiger partial charge in [-0.25, -0.2) is 0 Å². The van der Waals surface area contributed by atoms with Gasteiger partial charge in [-0.1, -0.05) is 0 Å². The molecular weight excluding hydrogens is 282 g/mol. The lowest BCUT2D eigenvalue weighted by Crippen LogP contribution is -2.16. The van der Waals surface area contributed by atoms with Crippen LogP contribution in [-0.2, 0) is 0 Å². The largest absolute Gasteiger partial charge is 0.486 e. The van der Waals surface area contributed by atoms with Crippen molar-refractivity contribution in [2.24, 2.45) is 5.92 Å². The first-order valence-electron chi connectivity index (χ1n) is 6.03. The average Bonchev–Trinajstić information content (AvgIpc) is 3.09. The highest BCUT2D eigenvalue weighted by atomic mass is 79.9. The Labute approximate surface area is 110 Å². The quantitative estimate of drug-likeness (QED) is 0.930. The monoisotopic (exact) mass is 297 g/mol. The number of rotatable bonds is 3. The van der Waals surface area contributed by atoms with Gasteiger partial charge in [0.1, 0.15) is 13.2 Å². The summed E-state index contributed by atoms with van der Waals surface area (Å²) in [7, 11) is 2.01.